The van der Waals surface area contributed by atoms with Gasteiger partial charge < -0.3 is 4.74 Å². The van der Waals surface area contributed by atoms with Crippen LogP contribution in [0, 0.1) is 11.8 Å². The van der Waals surface area contributed by atoms with Crippen molar-refractivity contribution in [1.82, 2.24) is 0 Å². The van der Waals surface area contributed by atoms with Gasteiger partial charge >= 0.3 is 5.97 Å². The summed E-state index contributed by atoms with van der Waals surface area (Å²) in [4.78, 5) is 12.0. The van der Waals surface area contributed by atoms with Crippen molar-refractivity contribution < 1.29 is 18.3 Å². The highest BCUT2D eigenvalue weighted by Gasteiger charge is 2.26. The van der Waals surface area contributed by atoms with Gasteiger partial charge in [-0.05, 0) is 43.2 Å². The topological polar surface area (TPSA) is 26.3 Å². The molecule has 1 aromatic rings. The van der Waals surface area contributed by atoms with E-state index < -0.39 is 6.43 Å². The summed E-state index contributed by atoms with van der Waals surface area (Å²) < 4.78 is 29.5. The van der Waals surface area contributed by atoms with Crippen LogP contribution < -0.4 is 0 Å². The van der Waals surface area contributed by atoms with Gasteiger partial charge in [-0.1, -0.05) is 36.4 Å². The van der Waals surface area contributed by atoms with Crippen LogP contribution >= 0.6 is 0 Å². The summed E-state index contributed by atoms with van der Waals surface area (Å²) in [5, 5.41) is 0. The largest absolute Gasteiger partial charge is 0.461 e. The first kappa shape index (κ1) is 15.7. The first-order valence-corrected chi connectivity index (χ1v) is 7.32. The molecule has 4 heteroatoms. The highest BCUT2D eigenvalue weighted by molar-refractivity contribution is 5.72. The Hall–Kier alpha value is -1.71. The lowest BCUT2D eigenvalue weighted by Crippen LogP contribution is -2.23. The summed E-state index contributed by atoms with van der Waals surface area (Å²) >= 11 is 0. The van der Waals surface area contributed by atoms with Gasteiger partial charge in [0.1, 0.15) is 6.61 Å². The first-order valence-electron chi connectivity index (χ1n) is 7.32. The van der Waals surface area contributed by atoms with E-state index in [1.807, 2.05) is 30.3 Å². The summed E-state index contributed by atoms with van der Waals surface area (Å²) in [6, 6.07) is 9.56. The molecule has 0 unspecified atom stereocenters. The molecular formula is C17H20F2O2. The van der Waals surface area contributed by atoms with E-state index >= 15 is 0 Å². The molecule has 0 aromatic heterocycles. The number of carbonyl (C=O) groups is 1. The van der Waals surface area contributed by atoms with Gasteiger partial charge in [-0.15, -0.1) is 0 Å². The zero-order valence-electron chi connectivity index (χ0n) is 11.9. The smallest absolute Gasteiger partial charge is 0.309 e. The van der Waals surface area contributed by atoms with E-state index in [9.17, 15) is 13.6 Å². The number of allylic oxidation sites excluding steroid dienone is 2. The monoisotopic (exact) mass is 294 g/mol. The maximum absolute atomic E-state index is 12.1. The van der Waals surface area contributed by atoms with Crippen LogP contribution in [0.1, 0.15) is 31.2 Å². The molecule has 2 rings (SSSR count). The number of carbonyl (C=O) groups excluding carboxylic acids is 1. The molecule has 1 aliphatic rings. The molecule has 1 fully saturated rings. The number of halogens is 2. The zero-order valence-corrected chi connectivity index (χ0v) is 11.9. The fourth-order valence-corrected chi connectivity index (χ4v) is 2.64. The van der Waals surface area contributed by atoms with E-state index in [1.165, 1.54) is 0 Å². The molecule has 114 valence electrons. The molecule has 2 nitrogen and oxygen atoms in total. The number of benzene rings is 1. The molecule has 0 N–H and O–H groups in total. The summed E-state index contributed by atoms with van der Waals surface area (Å²) in [5.74, 6) is -0.0998. The Kier molecular flexibility index (Phi) is 5.90. The second-order valence-electron chi connectivity index (χ2n) is 5.42. The van der Waals surface area contributed by atoms with E-state index in [-0.39, 0.29) is 17.8 Å². The predicted molar refractivity (Wildman–Crippen MR) is 76.8 cm³/mol. The summed E-state index contributed by atoms with van der Waals surface area (Å²) in [7, 11) is 0. The fraction of sp³-hybridized carbons (Fsp3) is 0.471. The minimum absolute atomic E-state index is 0.0927. The first-order chi connectivity index (χ1) is 10.1. The number of alkyl halides is 2. The van der Waals surface area contributed by atoms with Crippen LogP contribution in [0.15, 0.2) is 42.5 Å². The predicted octanol–water partition coefficient (Wildman–Crippen LogP) is 4.36. The van der Waals surface area contributed by atoms with Crippen LogP contribution in [-0.4, -0.2) is 12.4 Å². The van der Waals surface area contributed by atoms with Crippen LogP contribution in [0.25, 0.3) is 0 Å². The fourth-order valence-electron chi connectivity index (χ4n) is 2.64. The van der Waals surface area contributed by atoms with Crippen molar-refractivity contribution in [3.05, 3.63) is 48.0 Å². The van der Waals surface area contributed by atoms with Crippen LogP contribution in [0.3, 0.4) is 0 Å². The minimum atomic E-state index is -2.39. The zero-order chi connectivity index (χ0) is 15.1. The molecule has 21 heavy (non-hydrogen) atoms. The Morgan fingerprint density at radius 3 is 2.48 bits per heavy atom. The molecule has 0 radical (unpaired) electrons. The maximum atomic E-state index is 12.1. The van der Waals surface area contributed by atoms with Crippen LogP contribution in [0.2, 0.25) is 0 Å². The number of hydrogen-bond acceptors (Lipinski definition) is 2. The molecule has 1 aromatic carbocycles. The third kappa shape index (κ3) is 5.29. The van der Waals surface area contributed by atoms with Crippen LogP contribution in [-0.2, 0) is 16.1 Å². The highest BCUT2D eigenvalue weighted by atomic mass is 19.3. The number of hydrogen-bond donors (Lipinski definition) is 0. The van der Waals surface area contributed by atoms with Gasteiger partial charge in [0.05, 0.1) is 5.92 Å². The van der Waals surface area contributed by atoms with E-state index in [0.29, 0.717) is 19.4 Å². The Balaban J connectivity index is 1.73. The molecule has 0 bridgehead atoms. The Morgan fingerprint density at radius 2 is 1.86 bits per heavy atom. The second kappa shape index (κ2) is 7.91. The van der Waals surface area contributed by atoms with E-state index in [0.717, 1.165) is 24.5 Å². The highest BCUT2D eigenvalue weighted by Crippen LogP contribution is 2.30. The van der Waals surface area contributed by atoms with Gasteiger partial charge in [-0.3, -0.25) is 4.79 Å². The van der Waals surface area contributed by atoms with Gasteiger partial charge in [-0.2, -0.15) is 0 Å². The second-order valence-corrected chi connectivity index (χ2v) is 5.42. The molecule has 0 heterocycles. The Morgan fingerprint density at radius 1 is 1.19 bits per heavy atom. The van der Waals surface area contributed by atoms with E-state index in [1.54, 1.807) is 6.08 Å². The number of esters is 1. The minimum Gasteiger partial charge on any atom is -0.461 e. The molecule has 0 aliphatic heterocycles. The third-order valence-corrected chi connectivity index (χ3v) is 3.86. The van der Waals surface area contributed by atoms with Gasteiger partial charge in [-0.25, -0.2) is 8.78 Å². The van der Waals surface area contributed by atoms with E-state index in [4.69, 9.17) is 4.74 Å². The Labute approximate surface area is 123 Å². The molecule has 1 saturated carbocycles. The van der Waals surface area contributed by atoms with Crippen molar-refractivity contribution in [2.24, 2.45) is 11.8 Å². The lowest BCUT2D eigenvalue weighted by Gasteiger charge is -2.25. The van der Waals surface area contributed by atoms with Crippen LogP contribution in [0.5, 0.6) is 0 Å². The number of rotatable bonds is 5. The maximum Gasteiger partial charge on any atom is 0.309 e. The van der Waals surface area contributed by atoms with Gasteiger partial charge in [0.2, 0.25) is 0 Å². The lowest BCUT2D eigenvalue weighted by atomic mass is 9.82. The summed E-state index contributed by atoms with van der Waals surface area (Å²) in [5.41, 5.74) is 0.972. The molecule has 0 atom stereocenters. The average Bonchev–Trinajstić information content (AvgIpc) is 2.52. The van der Waals surface area contributed by atoms with Crippen molar-refractivity contribution >= 4 is 5.97 Å². The summed E-state index contributed by atoms with van der Waals surface area (Å²) in [6.45, 7) is 0.297. The average molecular weight is 294 g/mol. The number of ether oxygens (including phenoxy) is 1. The van der Waals surface area contributed by atoms with Gasteiger partial charge in [0.25, 0.3) is 6.43 Å². The van der Waals surface area contributed by atoms with Gasteiger partial charge in [0.15, 0.2) is 0 Å². The SMILES string of the molecule is O=C(OCc1ccccc1)C1CCC(/C=C/C(F)F)CC1. The van der Waals surface area contributed by atoms with Crippen molar-refractivity contribution in [3.63, 3.8) is 0 Å². The van der Waals surface area contributed by atoms with E-state index in [2.05, 4.69) is 0 Å². The van der Waals surface area contributed by atoms with Crippen molar-refractivity contribution in [3.8, 4) is 0 Å². The quantitative estimate of drug-likeness (QED) is 0.596. The third-order valence-electron chi connectivity index (χ3n) is 3.86. The summed E-state index contributed by atoms with van der Waals surface area (Å²) in [6.07, 6.45) is 3.11. The lowest BCUT2D eigenvalue weighted by molar-refractivity contribution is -0.151. The van der Waals surface area contributed by atoms with Gasteiger partial charge in [0, 0.05) is 0 Å². The molecule has 1 aliphatic carbocycles. The van der Waals surface area contributed by atoms with Crippen molar-refractivity contribution in [2.75, 3.05) is 0 Å². The molecule has 0 spiro atoms. The van der Waals surface area contributed by atoms with Crippen molar-refractivity contribution in [1.29, 1.82) is 0 Å². The van der Waals surface area contributed by atoms with Crippen LogP contribution in [0.4, 0.5) is 8.78 Å². The normalized spacial score (nSPS) is 22.6. The molecule has 0 amide bonds. The molecule has 0 saturated heterocycles. The standard InChI is InChI=1S/C17H20F2O2/c18-16(19)11-8-13-6-9-15(10-7-13)17(20)21-12-14-4-2-1-3-5-14/h1-5,8,11,13,15-16H,6-7,9-10,12H2/b11-8+. The Bertz CT molecular complexity index is 463. The van der Waals surface area contributed by atoms with Crippen molar-refractivity contribution in [2.45, 2.75) is 38.7 Å². The molecular weight excluding hydrogens is 274 g/mol.